The van der Waals surface area contributed by atoms with Gasteiger partial charge in [0.15, 0.2) is 0 Å². The second-order valence-corrected chi connectivity index (χ2v) is 6.56. The topological polar surface area (TPSA) is 64.0 Å². The maximum absolute atomic E-state index is 11.3. The molecule has 1 saturated carbocycles. The molecule has 0 bridgehead atoms. The molecule has 2 N–H and O–H groups in total. The summed E-state index contributed by atoms with van der Waals surface area (Å²) in [6.45, 7) is 3.43. The number of carbonyl (C=O) groups excluding carboxylic acids is 1. The first kappa shape index (κ1) is 15.7. The van der Waals surface area contributed by atoms with E-state index in [9.17, 15) is 15.0 Å². The number of hydrogen-bond acceptors (Lipinski definition) is 4. The standard InChI is InChI=1S/C15H28N2O3/c1-12(18)17-9-7-15(20,8-10-17)11-16(2)13-5-3-4-6-14(13)19/h13-14,19-20H,3-11H2,1-2H3/t13-,14-/m0/s1. The normalized spacial score (nSPS) is 30.6. The van der Waals surface area contributed by atoms with E-state index in [0.717, 1.165) is 25.7 Å². The van der Waals surface area contributed by atoms with E-state index < -0.39 is 5.60 Å². The summed E-state index contributed by atoms with van der Waals surface area (Å²) < 4.78 is 0. The largest absolute Gasteiger partial charge is 0.391 e. The maximum Gasteiger partial charge on any atom is 0.219 e. The van der Waals surface area contributed by atoms with Crippen LogP contribution in [0.4, 0.5) is 0 Å². The molecule has 5 heteroatoms. The van der Waals surface area contributed by atoms with Crippen LogP contribution < -0.4 is 0 Å². The Hall–Kier alpha value is -0.650. The smallest absolute Gasteiger partial charge is 0.219 e. The molecule has 0 aromatic rings. The molecular weight excluding hydrogens is 256 g/mol. The third kappa shape index (κ3) is 3.71. The number of likely N-dealkylation sites (N-methyl/N-ethyl adjacent to an activating group) is 1. The van der Waals surface area contributed by atoms with Gasteiger partial charge in [-0.2, -0.15) is 0 Å². The number of likely N-dealkylation sites (tertiary alicyclic amines) is 1. The van der Waals surface area contributed by atoms with Crippen LogP contribution >= 0.6 is 0 Å². The monoisotopic (exact) mass is 284 g/mol. The summed E-state index contributed by atoms with van der Waals surface area (Å²) in [4.78, 5) is 15.2. The second kappa shape index (κ2) is 6.41. The first-order valence-electron chi connectivity index (χ1n) is 7.77. The van der Waals surface area contributed by atoms with E-state index in [-0.39, 0.29) is 18.1 Å². The van der Waals surface area contributed by atoms with Gasteiger partial charge in [0, 0.05) is 32.6 Å². The highest BCUT2D eigenvalue weighted by Crippen LogP contribution is 2.27. The summed E-state index contributed by atoms with van der Waals surface area (Å²) in [6, 6.07) is 0.165. The lowest BCUT2D eigenvalue weighted by atomic mass is 9.87. The van der Waals surface area contributed by atoms with Crippen molar-refractivity contribution in [3.05, 3.63) is 0 Å². The fourth-order valence-electron chi connectivity index (χ4n) is 3.58. The Bertz CT molecular complexity index is 340. The van der Waals surface area contributed by atoms with E-state index >= 15 is 0 Å². The Balaban J connectivity index is 1.87. The van der Waals surface area contributed by atoms with Gasteiger partial charge < -0.3 is 15.1 Å². The highest BCUT2D eigenvalue weighted by atomic mass is 16.3. The Morgan fingerprint density at radius 1 is 1.30 bits per heavy atom. The zero-order valence-corrected chi connectivity index (χ0v) is 12.7. The molecule has 5 nitrogen and oxygen atoms in total. The number of aliphatic hydroxyl groups excluding tert-OH is 1. The summed E-state index contributed by atoms with van der Waals surface area (Å²) >= 11 is 0. The molecule has 1 amide bonds. The quantitative estimate of drug-likeness (QED) is 0.796. The fourth-order valence-corrected chi connectivity index (χ4v) is 3.58. The minimum absolute atomic E-state index is 0.0862. The molecule has 2 rings (SSSR count). The van der Waals surface area contributed by atoms with Crippen molar-refractivity contribution in [1.82, 2.24) is 9.80 Å². The van der Waals surface area contributed by atoms with E-state index in [1.165, 1.54) is 0 Å². The summed E-state index contributed by atoms with van der Waals surface area (Å²) in [5, 5.41) is 20.8. The van der Waals surface area contributed by atoms with Gasteiger partial charge in [-0.3, -0.25) is 9.69 Å². The van der Waals surface area contributed by atoms with E-state index in [2.05, 4.69) is 4.90 Å². The fraction of sp³-hybridized carbons (Fsp3) is 0.933. The van der Waals surface area contributed by atoms with Crippen molar-refractivity contribution >= 4 is 5.91 Å². The molecule has 116 valence electrons. The van der Waals surface area contributed by atoms with Crippen LogP contribution in [-0.4, -0.2) is 70.3 Å². The Labute approximate surface area is 121 Å². The molecule has 0 aromatic heterocycles. The molecule has 20 heavy (non-hydrogen) atoms. The molecule has 2 fully saturated rings. The van der Waals surface area contributed by atoms with Crippen LogP contribution in [0.5, 0.6) is 0 Å². The van der Waals surface area contributed by atoms with Gasteiger partial charge in [0.25, 0.3) is 0 Å². The average molecular weight is 284 g/mol. The van der Waals surface area contributed by atoms with Crippen molar-refractivity contribution < 1.29 is 15.0 Å². The highest BCUT2D eigenvalue weighted by molar-refractivity contribution is 5.73. The molecule has 1 heterocycles. The van der Waals surface area contributed by atoms with Gasteiger partial charge in [-0.1, -0.05) is 12.8 Å². The minimum atomic E-state index is -0.724. The molecule has 1 aliphatic carbocycles. The predicted molar refractivity (Wildman–Crippen MR) is 77.3 cm³/mol. The number of rotatable bonds is 3. The van der Waals surface area contributed by atoms with Gasteiger partial charge in [0.2, 0.25) is 5.91 Å². The van der Waals surface area contributed by atoms with Crippen molar-refractivity contribution in [3.8, 4) is 0 Å². The molecule has 2 atom stereocenters. The summed E-state index contributed by atoms with van der Waals surface area (Å²) in [5.41, 5.74) is -0.724. The van der Waals surface area contributed by atoms with E-state index in [0.29, 0.717) is 32.5 Å². The number of nitrogens with zero attached hydrogens (tertiary/aromatic N) is 2. The van der Waals surface area contributed by atoms with Crippen LogP contribution in [0.15, 0.2) is 0 Å². The van der Waals surface area contributed by atoms with Crippen molar-refractivity contribution in [2.45, 2.75) is 63.2 Å². The molecule has 0 radical (unpaired) electrons. The average Bonchev–Trinajstić information content (AvgIpc) is 2.39. The van der Waals surface area contributed by atoms with Gasteiger partial charge in [-0.15, -0.1) is 0 Å². The lowest BCUT2D eigenvalue weighted by Crippen LogP contribution is -2.54. The van der Waals surface area contributed by atoms with Crippen molar-refractivity contribution in [3.63, 3.8) is 0 Å². The summed E-state index contributed by atoms with van der Waals surface area (Å²) in [7, 11) is 1.99. The predicted octanol–water partition coefficient (Wildman–Crippen LogP) is 0.595. The molecule has 1 saturated heterocycles. The lowest BCUT2D eigenvalue weighted by Gasteiger charge is -2.43. The van der Waals surface area contributed by atoms with Gasteiger partial charge >= 0.3 is 0 Å². The van der Waals surface area contributed by atoms with Crippen LogP contribution in [0.3, 0.4) is 0 Å². The summed E-state index contributed by atoms with van der Waals surface area (Å²) in [5.74, 6) is 0.0862. The Morgan fingerprint density at radius 2 is 1.90 bits per heavy atom. The van der Waals surface area contributed by atoms with Gasteiger partial charge in [0.05, 0.1) is 11.7 Å². The Morgan fingerprint density at radius 3 is 2.45 bits per heavy atom. The van der Waals surface area contributed by atoms with Crippen LogP contribution in [0.2, 0.25) is 0 Å². The van der Waals surface area contributed by atoms with Crippen LogP contribution in [0.1, 0.15) is 45.4 Å². The van der Waals surface area contributed by atoms with Gasteiger partial charge in [-0.25, -0.2) is 0 Å². The van der Waals surface area contributed by atoms with Crippen molar-refractivity contribution in [2.75, 3.05) is 26.7 Å². The molecule has 0 spiro atoms. The van der Waals surface area contributed by atoms with E-state index in [4.69, 9.17) is 0 Å². The van der Waals surface area contributed by atoms with Gasteiger partial charge in [-0.05, 0) is 32.7 Å². The number of hydrogen-bond donors (Lipinski definition) is 2. The Kier molecular flexibility index (Phi) is 5.04. The number of piperidine rings is 1. The van der Waals surface area contributed by atoms with Crippen molar-refractivity contribution in [1.29, 1.82) is 0 Å². The summed E-state index contributed by atoms with van der Waals surface area (Å²) in [6.07, 6.45) is 5.11. The highest BCUT2D eigenvalue weighted by Gasteiger charge is 2.37. The maximum atomic E-state index is 11.3. The second-order valence-electron chi connectivity index (χ2n) is 6.56. The third-order valence-corrected chi connectivity index (χ3v) is 4.94. The number of amides is 1. The van der Waals surface area contributed by atoms with E-state index in [1.807, 2.05) is 7.05 Å². The molecular formula is C15H28N2O3. The lowest BCUT2D eigenvalue weighted by molar-refractivity contribution is -0.134. The molecule has 0 aromatic carbocycles. The zero-order chi connectivity index (χ0) is 14.8. The van der Waals surface area contributed by atoms with Crippen LogP contribution in [0, 0.1) is 0 Å². The zero-order valence-electron chi connectivity index (χ0n) is 12.7. The van der Waals surface area contributed by atoms with Crippen molar-refractivity contribution in [2.24, 2.45) is 0 Å². The number of aliphatic hydroxyl groups is 2. The SMILES string of the molecule is CC(=O)N1CCC(O)(CN(C)[C@H]2CCCC[C@@H]2O)CC1. The molecule has 2 aliphatic rings. The third-order valence-electron chi connectivity index (χ3n) is 4.94. The van der Waals surface area contributed by atoms with Crippen LogP contribution in [0.25, 0.3) is 0 Å². The first-order chi connectivity index (χ1) is 9.41. The van der Waals surface area contributed by atoms with E-state index in [1.54, 1.807) is 11.8 Å². The minimum Gasteiger partial charge on any atom is -0.391 e. The van der Waals surface area contributed by atoms with Gasteiger partial charge in [0.1, 0.15) is 0 Å². The molecule has 1 aliphatic heterocycles. The van der Waals surface area contributed by atoms with Crippen LogP contribution in [-0.2, 0) is 4.79 Å². The first-order valence-corrected chi connectivity index (χ1v) is 7.77. The number of carbonyl (C=O) groups is 1. The molecule has 0 unspecified atom stereocenters.